The van der Waals surface area contributed by atoms with Crippen molar-refractivity contribution >= 4 is 40.4 Å². The van der Waals surface area contributed by atoms with Crippen molar-refractivity contribution in [3.8, 4) is 0 Å². The van der Waals surface area contributed by atoms with E-state index in [-0.39, 0.29) is 28.7 Å². The predicted molar refractivity (Wildman–Crippen MR) is 123 cm³/mol. The maximum absolute atomic E-state index is 11.8. The molecule has 2 unspecified atom stereocenters. The monoisotopic (exact) mass is 451 g/mol. The third kappa shape index (κ3) is 4.63. The molecule has 162 valence electrons. The third-order valence-electron chi connectivity index (χ3n) is 5.57. The highest BCUT2D eigenvalue weighted by molar-refractivity contribution is 6.30. The Labute approximate surface area is 187 Å². The second-order valence-corrected chi connectivity index (χ2v) is 8.77. The average Bonchev–Trinajstić information content (AvgIpc) is 2.68. The molecule has 2 aromatic rings. The van der Waals surface area contributed by atoms with Crippen molar-refractivity contribution in [2.24, 2.45) is 5.92 Å². The van der Waals surface area contributed by atoms with Gasteiger partial charge >= 0.3 is 5.69 Å². The molecule has 1 aromatic heterocycles. The number of aromatic nitrogens is 1. The SMILES string of the molecule is CNc1nc(Cl)cc(N2CCN(C(c3ccc(Cl)cc3)C(C)C)CC2C)c1[N+](=O)[O-]. The molecule has 1 fully saturated rings. The van der Waals surface area contributed by atoms with Crippen molar-refractivity contribution in [2.45, 2.75) is 32.9 Å². The predicted octanol–water partition coefficient (Wildman–Crippen LogP) is 5.25. The molecule has 30 heavy (non-hydrogen) atoms. The summed E-state index contributed by atoms with van der Waals surface area (Å²) in [5, 5.41) is 15.5. The van der Waals surface area contributed by atoms with Crippen LogP contribution in [-0.2, 0) is 0 Å². The first-order valence-electron chi connectivity index (χ1n) is 10.0. The van der Waals surface area contributed by atoms with Crippen LogP contribution in [0.4, 0.5) is 17.2 Å². The van der Waals surface area contributed by atoms with E-state index < -0.39 is 4.92 Å². The van der Waals surface area contributed by atoms with E-state index in [4.69, 9.17) is 23.2 Å². The molecule has 1 saturated heterocycles. The van der Waals surface area contributed by atoms with Crippen molar-refractivity contribution in [1.82, 2.24) is 9.88 Å². The van der Waals surface area contributed by atoms with Gasteiger partial charge in [-0.2, -0.15) is 0 Å². The molecule has 1 aromatic carbocycles. The highest BCUT2D eigenvalue weighted by Gasteiger charge is 2.35. The van der Waals surface area contributed by atoms with E-state index in [2.05, 4.69) is 53.0 Å². The summed E-state index contributed by atoms with van der Waals surface area (Å²) >= 11 is 12.2. The number of halogens is 2. The summed E-state index contributed by atoms with van der Waals surface area (Å²) in [7, 11) is 1.61. The summed E-state index contributed by atoms with van der Waals surface area (Å²) in [6.45, 7) is 8.72. The minimum absolute atomic E-state index is 0.0414. The first kappa shape index (κ1) is 22.6. The van der Waals surface area contributed by atoms with Crippen molar-refractivity contribution in [1.29, 1.82) is 0 Å². The van der Waals surface area contributed by atoms with Gasteiger partial charge in [0.1, 0.15) is 10.8 Å². The summed E-state index contributed by atoms with van der Waals surface area (Å²) < 4.78 is 0. The summed E-state index contributed by atoms with van der Waals surface area (Å²) in [5.41, 5.74) is 1.69. The molecule has 1 aliphatic heterocycles. The van der Waals surface area contributed by atoms with E-state index in [1.165, 1.54) is 5.56 Å². The Balaban J connectivity index is 1.89. The highest BCUT2D eigenvalue weighted by Crippen LogP contribution is 2.39. The van der Waals surface area contributed by atoms with Crippen LogP contribution >= 0.6 is 23.2 Å². The minimum Gasteiger partial charge on any atom is -0.367 e. The van der Waals surface area contributed by atoms with E-state index in [9.17, 15) is 10.1 Å². The van der Waals surface area contributed by atoms with Gasteiger partial charge < -0.3 is 10.2 Å². The number of anilines is 2. The molecule has 0 amide bonds. The van der Waals surface area contributed by atoms with Gasteiger partial charge in [0.15, 0.2) is 0 Å². The molecule has 0 aliphatic carbocycles. The molecule has 2 atom stereocenters. The molecule has 2 heterocycles. The summed E-state index contributed by atoms with van der Waals surface area (Å²) in [6, 6.07) is 9.91. The second-order valence-electron chi connectivity index (χ2n) is 7.95. The van der Waals surface area contributed by atoms with E-state index in [0.29, 0.717) is 18.2 Å². The topological polar surface area (TPSA) is 74.5 Å². The zero-order valence-electron chi connectivity index (χ0n) is 17.6. The quantitative estimate of drug-likeness (QED) is 0.367. The zero-order chi connectivity index (χ0) is 22.0. The van der Waals surface area contributed by atoms with Crippen molar-refractivity contribution in [3.63, 3.8) is 0 Å². The molecule has 0 saturated carbocycles. The van der Waals surface area contributed by atoms with E-state index in [1.807, 2.05) is 12.1 Å². The number of rotatable bonds is 6. The van der Waals surface area contributed by atoms with E-state index in [1.54, 1.807) is 13.1 Å². The number of nitrogens with zero attached hydrogens (tertiary/aromatic N) is 4. The lowest BCUT2D eigenvalue weighted by Gasteiger charge is -2.45. The second kappa shape index (κ2) is 9.37. The first-order chi connectivity index (χ1) is 14.2. The number of benzene rings is 1. The smallest absolute Gasteiger partial charge is 0.334 e. The van der Waals surface area contributed by atoms with Gasteiger partial charge in [0.25, 0.3) is 0 Å². The molecule has 3 rings (SSSR count). The van der Waals surface area contributed by atoms with Crippen molar-refractivity contribution < 1.29 is 4.92 Å². The lowest BCUT2D eigenvalue weighted by molar-refractivity contribution is -0.383. The molecule has 0 radical (unpaired) electrons. The fraction of sp³-hybridized carbons (Fsp3) is 0.476. The normalized spacial score (nSPS) is 18.5. The van der Waals surface area contributed by atoms with E-state index >= 15 is 0 Å². The Kier molecular flexibility index (Phi) is 7.06. The molecule has 7 nitrogen and oxygen atoms in total. The number of pyridine rings is 1. The average molecular weight is 452 g/mol. The molecule has 1 N–H and O–H groups in total. The Morgan fingerprint density at radius 3 is 2.43 bits per heavy atom. The van der Waals surface area contributed by atoms with Gasteiger partial charge in [-0.25, -0.2) is 4.98 Å². The Morgan fingerprint density at radius 2 is 1.90 bits per heavy atom. The number of piperazine rings is 1. The minimum atomic E-state index is -0.395. The fourth-order valence-corrected chi connectivity index (χ4v) is 4.66. The molecule has 9 heteroatoms. The highest BCUT2D eigenvalue weighted by atomic mass is 35.5. The molecule has 0 spiro atoms. The van der Waals surface area contributed by atoms with Crippen molar-refractivity contribution in [3.05, 3.63) is 56.2 Å². The van der Waals surface area contributed by atoms with Crippen LogP contribution in [0.1, 0.15) is 32.4 Å². The van der Waals surface area contributed by atoms with Crippen LogP contribution in [-0.4, -0.2) is 47.5 Å². The van der Waals surface area contributed by atoms with Gasteiger partial charge in [-0.1, -0.05) is 49.2 Å². The fourth-order valence-electron chi connectivity index (χ4n) is 4.34. The molecular formula is C21H27Cl2N5O2. The zero-order valence-corrected chi connectivity index (χ0v) is 19.1. The van der Waals surface area contributed by atoms with Gasteiger partial charge in [-0.05, 0) is 30.5 Å². The standard InChI is InChI=1S/C21H27Cl2N5O2/c1-13(2)19(15-5-7-16(22)8-6-15)26-9-10-27(14(3)12-26)17-11-18(23)25-21(24-4)20(17)28(29)30/h5-8,11,13-14,19H,9-10,12H2,1-4H3,(H,24,25). The van der Waals surface area contributed by atoms with Gasteiger partial charge in [0.05, 0.1) is 4.92 Å². The molecule has 1 aliphatic rings. The number of hydrogen-bond donors (Lipinski definition) is 1. The number of nitro groups is 1. The van der Waals surface area contributed by atoms with Crippen LogP contribution in [0.25, 0.3) is 0 Å². The van der Waals surface area contributed by atoms with Gasteiger partial charge in [-0.3, -0.25) is 15.0 Å². The maximum Gasteiger partial charge on any atom is 0.334 e. The molecule has 0 bridgehead atoms. The van der Waals surface area contributed by atoms with Crippen LogP contribution < -0.4 is 10.2 Å². The molecular weight excluding hydrogens is 425 g/mol. The lowest BCUT2D eigenvalue weighted by Crippen LogP contribution is -2.53. The van der Waals surface area contributed by atoms with Gasteiger partial charge in [0, 0.05) is 49.9 Å². The summed E-state index contributed by atoms with van der Waals surface area (Å²) in [5.74, 6) is 0.587. The van der Waals surface area contributed by atoms with Gasteiger partial charge in [-0.15, -0.1) is 0 Å². The Hall–Kier alpha value is -2.09. The summed E-state index contributed by atoms with van der Waals surface area (Å²) in [6.07, 6.45) is 0. The number of nitrogens with one attached hydrogen (secondary N) is 1. The third-order valence-corrected chi connectivity index (χ3v) is 6.01. The maximum atomic E-state index is 11.8. The van der Waals surface area contributed by atoms with Crippen molar-refractivity contribution in [2.75, 3.05) is 36.9 Å². The number of hydrogen-bond acceptors (Lipinski definition) is 6. The van der Waals surface area contributed by atoms with Crippen LogP contribution in [0, 0.1) is 16.0 Å². The summed E-state index contributed by atoms with van der Waals surface area (Å²) in [4.78, 5) is 20.0. The van der Waals surface area contributed by atoms with Crippen LogP contribution in [0.3, 0.4) is 0 Å². The largest absolute Gasteiger partial charge is 0.367 e. The Morgan fingerprint density at radius 1 is 1.23 bits per heavy atom. The van der Waals surface area contributed by atoms with Crippen LogP contribution in [0.5, 0.6) is 0 Å². The first-order valence-corrected chi connectivity index (χ1v) is 10.8. The van der Waals surface area contributed by atoms with Crippen LogP contribution in [0.15, 0.2) is 30.3 Å². The van der Waals surface area contributed by atoms with E-state index in [0.717, 1.165) is 18.1 Å². The van der Waals surface area contributed by atoms with Gasteiger partial charge in [0.2, 0.25) is 5.82 Å². The lowest BCUT2D eigenvalue weighted by atomic mass is 9.93. The van der Waals surface area contributed by atoms with Crippen LogP contribution in [0.2, 0.25) is 10.2 Å². The Bertz CT molecular complexity index is 907.